The van der Waals surface area contributed by atoms with Crippen molar-refractivity contribution >= 4 is 5.71 Å². The van der Waals surface area contributed by atoms with Crippen LogP contribution in [0.4, 0.5) is 4.39 Å². The largest absolute Gasteiger partial charge is 0.390 e. The Balaban J connectivity index is 1.49. The standard InChI is InChI=1S/C17H17FN2O/c18-16-9-5-4-8-15(16)17-10-14(21-20-17)12-19-11-13-6-2-1-3-7-13/h1-9,14,19H,10-12H2. The lowest BCUT2D eigenvalue weighted by Crippen LogP contribution is -2.26. The van der Waals surface area contributed by atoms with Gasteiger partial charge in [-0.1, -0.05) is 53.7 Å². The average Bonchev–Trinajstić information content (AvgIpc) is 2.97. The van der Waals surface area contributed by atoms with Crippen LogP contribution in [-0.2, 0) is 11.4 Å². The minimum absolute atomic E-state index is 0.0386. The van der Waals surface area contributed by atoms with Crippen molar-refractivity contribution in [3.8, 4) is 0 Å². The van der Waals surface area contributed by atoms with Crippen LogP contribution in [-0.4, -0.2) is 18.4 Å². The molecule has 0 amide bonds. The Labute approximate surface area is 123 Å². The third kappa shape index (κ3) is 3.47. The highest BCUT2D eigenvalue weighted by Crippen LogP contribution is 2.18. The summed E-state index contributed by atoms with van der Waals surface area (Å²) in [6.45, 7) is 1.48. The molecule has 1 atom stereocenters. The molecule has 1 N–H and O–H groups in total. The van der Waals surface area contributed by atoms with Crippen molar-refractivity contribution in [3.63, 3.8) is 0 Å². The van der Waals surface area contributed by atoms with Gasteiger partial charge in [0.05, 0.1) is 5.71 Å². The van der Waals surface area contributed by atoms with Crippen LogP contribution in [0.3, 0.4) is 0 Å². The first-order valence-corrected chi connectivity index (χ1v) is 7.05. The maximum atomic E-state index is 13.7. The second kappa shape index (κ2) is 6.50. The van der Waals surface area contributed by atoms with Crippen LogP contribution in [0.1, 0.15) is 17.5 Å². The molecule has 2 aromatic carbocycles. The van der Waals surface area contributed by atoms with Gasteiger partial charge >= 0.3 is 0 Å². The Morgan fingerprint density at radius 2 is 1.86 bits per heavy atom. The summed E-state index contributed by atoms with van der Waals surface area (Å²) in [5.74, 6) is -0.252. The smallest absolute Gasteiger partial charge is 0.145 e. The number of nitrogens with one attached hydrogen (secondary N) is 1. The molecule has 0 saturated heterocycles. The first kappa shape index (κ1) is 13.8. The van der Waals surface area contributed by atoms with Gasteiger partial charge < -0.3 is 10.2 Å². The Kier molecular flexibility index (Phi) is 4.26. The fourth-order valence-electron chi connectivity index (χ4n) is 2.37. The molecule has 0 aliphatic carbocycles. The van der Waals surface area contributed by atoms with E-state index in [1.165, 1.54) is 11.6 Å². The van der Waals surface area contributed by atoms with Crippen molar-refractivity contribution in [2.75, 3.05) is 6.54 Å². The monoisotopic (exact) mass is 284 g/mol. The van der Waals surface area contributed by atoms with E-state index in [4.69, 9.17) is 4.84 Å². The zero-order valence-corrected chi connectivity index (χ0v) is 11.6. The van der Waals surface area contributed by atoms with Crippen molar-refractivity contribution in [2.24, 2.45) is 5.16 Å². The molecule has 0 fully saturated rings. The molecular formula is C17H17FN2O. The minimum atomic E-state index is -0.252. The first-order chi connectivity index (χ1) is 10.3. The molecule has 0 saturated carbocycles. The second-order valence-electron chi connectivity index (χ2n) is 5.07. The SMILES string of the molecule is Fc1ccccc1C1=NOC(CNCc2ccccc2)C1. The van der Waals surface area contributed by atoms with E-state index in [2.05, 4.69) is 22.6 Å². The van der Waals surface area contributed by atoms with E-state index in [9.17, 15) is 4.39 Å². The topological polar surface area (TPSA) is 33.6 Å². The Morgan fingerprint density at radius 3 is 2.67 bits per heavy atom. The first-order valence-electron chi connectivity index (χ1n) is 7.05. The molecule has 0 radical (unpaired) electrons. The summed E-state index contributed by atoms with van der Waals surface area (Å²) in [5.41, 5.74) is 2.44. The molecule has 0 bridgehead atoms. The van der Waals surface area contributed by atoms with E-state index in [0.717, 1.165) is 6.54 Å². The second-order valence-corrected chi connectivity index (χ2v) is 5.07. The number of halogens is 1. The number of nitrogens with zero attached hydrogens (tertiary/aromatic N) is 1. The molecule has 4 heteroatoms. The van der Waals surface area contributed by atoms with Crippen molar-refractivity contribution in [2.45, 2.75) is 19.1 Å². The van der Waals surface area contributed by atoms with Crippen LogP contribution in [0, 0.1) is 5.82 Å². The van der Waals surface area contributed by atoms with Crippen LogP contribution < -0.4 is 5.32 Å². The van der Waals surface area contributed by atoms with Gasteiger partial charge in [-0.3, -0.25) is 0 Å². The van der Waals surface area contributed by atoms with Crippen LogP contribution >= 0.6 is 0 Å². The molecule has 21 heavy (non-hydrogen) atoms. The lowest BCUT2D eigenvalue weighted by atomic mass is 10.0. The molecule has 3 rings (SSSR count). The van der Waals surface area contributed by atoms with E-state index in [1.807, 2.05) is 24.3 Å². The quantitative estimate of drug-likeness (QED) is 0.915. The highest BCUT2D eigenvalue weighted by Gasteiger charge is 2.23. The zero-order valence-electron chi connectivity index (χ0n) is 11.6. The highest BCUT2D eigenvalue weighted by atomic mass is 19.1. The molecule has 3 nitrogen and oxygen atoms in total. The van der Waals surface area contributed by atoms with Gasteiger partial charge in [-0.2, -0.15) is 0 Å². The van der Waals surface area contributed by atoms with Gasteiger partial charge in [-0.05, 0) is 11.6 Å². The summed E-state index contributed by atoms with van der Waals surface area (Å²) in [5, 5.41) is 7.35. The Hall–Kier alpha value is -2.20. The van der Waals surface area contributed by atoms with E-state index in [0.29, 0.717) is 24.2 Å². The van der Waals surface area contributed by atoms with Crippen molar-refractivity contribution < 1.29 is 9.23 Å². The molecule has 0 spiro atoms. The normalized spacial score (nSPS) is 17.4. The Bertz CT molecular complexity index is 628. The molecule has 1 aliphatic heterocycles. The van der Waals surface area contributed by atoms with Gasteiger partial charge in [-0.25, -0.2) is 4.39 Å². The Morgan fingerprint density at radius 1 is 1.10 bits per heavy atom. The lowest BCUT2D eigenvalue weighted by Gasteiger charge is -2.09. The molecule has 1 aliphatic rings. The summed E-state index contributed by atoms with van der Waals surface area (Å²) >= 11 is 0. The van der Waals surface area contributed by atoms with E-state index in [-0.39, 0.29) is 11.9 Å². The third-order valence-corrected chi connectivity index (χ3v) is 3.46. The predicted octanol–water partition coefficient (Wildman–Crippen LogP) is 3.11. The maximum Gasteiger partial charge on any atom is 0.145 e. The van der Waals surface area contributed by atoms with E-state index < -0.39 is 0 Å². The summed E-state index contributed by atoms with van der Waals surface area (Å²) in [7, 11) is 0. The number of benzene rings is 2. The molecular weight excluding hydrogens is 267 g/mol. The summed E-state index contributed by atoms with van der Waals surface area (Å²) in [6.07, 6.45) is 0.589. The minimum Gasteiger partial charge on any atom is -0.390 e. The summed E-state index contributed by atoms with van der Waals surface area (Å²) in [6, 6.07) is 16.8. The predicted molar refractivity (Wildman–Crippen MR) is 80.6 cm³/mol. The van der Waals surface area contributed by atoms with E-state index >= 15 is 0 Å². The summed E-state index contributed by atoms with van der Waals surface area (Å²) < 4.78 is 13.7. The van der Waals surface area contributed by atoms with Gasteiger partial charge in [0, 0.05) is 25.1 Å². The highest BCUT2D eigenvalue weighted by molar-refractivity contribution is 6.01. The van der Waals surface area contributed by atoms with Gasteiger partial charge in [-0.15, -0.1) is 0 Å². The number of hydrogen-bond acceptors (Lipinski definition) is 3. The molecule has 108 valence electrons. The fraction of sp³-hybridized carbons (Fsp3) is 0.235. The lowest BCUT2D eigenvalue weighted by molar-refractivity contribution is 0.0848. The van der Waals surface area contributed by atoms with Gasteiger partial charge in [0.25, 0.3) is 0 Å². The number of oxime groups is 1. The van der Waals surface area contributed by atoms with Crippen molar-refractivity contribution in [3.05, 3.63) is 71.5 Å². The molecule has 1 heterocycles. The zero-order chi connectivity index (χ0) is 14.5. The molecule has 2 aromatic rings. The number of rotatable bonds is 5. The van der Waals surface area contributed by atoms with Gasteiger partial charge in [0.1, 0.15) is 11.9 Å². The van der Waals surface area contributed by atoms with Gasteiger partial charge in [0.15, 0.2) is 0 Å². The molecule has 0 aromatic heterocycles. The fourth-order valence-corrected chi connectivity index (χ4v) is 2.37. The van der Waals surface area contributed by atoms with Crippen LogP contribution in [0.15, 0.2) is 59.8 Å². The van der Waals surface area contributed by atoms with Gasteiger partial charge in [0.2, 0.25) is 0 Å². The maximum absolute atomic E-state index is 13.7. The van der Waals surface area contributed by atoms with Crippen molar-refractivity contribution in [1.29, 1.82) is 0 Å². The number of hydrogen-bond donors (Lipinski definition) is 1. The van der Waals surface area contributed by atoms with Crippen molar-refractivity contribution in [1.82, 2.24) is 5.32 Å². The van der Waals surface area contributed by atoms with E-state index in [1.54, 1.807) is 12.1 Å². The molecule has 1 unspecified atom stereocenters. The van der Waals surface area contributed by atoms with Crippen LogP contribution in [0.5, 0.6) is 0 Å². The van der Waals surface area contributed by atoms with Crippen LogP contribution in [0.25, 0.3) is 0 Å². The summed E-state index contributed by atoms with van der Waals surface area (Å²) in [4.78, 5) is 5.37. The average molecular weight is 284 g/mol. The third-order valence-electron chi connectivity index (χ3n) is 3.46. The van der Waals surface area contributed by atoms with Crippen LogP contribution in [0.2, 0.25) is 0 Å².